The van der Waals surface area contributed by atoms with Gasteiger partial charge in [0.15, 0.2) is 0 Å². The molecule has 6 nitrogen and oxygen atoms in total. The van der Waals surface area contributed by atoms with Crippen molar-refractivity contribution in [3.8, 4) is 5.69 Å². The summed E-state index contributed by atoms with van der Waals surface area (Å²) in [5.74, 6) is -1.28. The molecule has 0 aliphatic carbocycles. The Morgan fingerprint density at radius 1 is 1.12 bits per heavy atom. The number of hydrogen-bond donors (Lipinski definition) is 4. The van der Waals surface area contributed by atoms with E-state index in [1.165, 1.54) is 0 Å². The van der Waals surface area contributed by atoms with Crippen molar-refractivity contribution in [3.05, 3.63) is 72.3 Å². The first-order chi connectivity index (χ1) is 15.8. The smallest absolute Gasteiger partial charge is 0.550 e. The van der Waals surface area contributed by atoms with Crippen molar-refractivity contribution in [1.82, 2.24) is 4.57 Å². The summed E-state index contributed by atoms with van der Waals surface area (Å²) < 4.78 is 1.95. The number of hydrogen-bond acceptors (Lipinski definition) is 7. The quantitative estimate of drug-likeness (QED) is 0.175. The van der Waals surface area contributed by atoms with E-state index < -0.39 is 18.5 Å². The van der Waals surface area contributed by atoms with Crippen molar-refractivity contribution in [1.29, 1.82) is 0 Å². The fourth-order valence-corrected chi connectivity index (χ4v) is 4.54. The molecule has 34 heavy (non-hydrogen) atoms. The number of aliphatic hydroxyl groups excluding tert-OH is 1. The van der Waals surface area contributed by atoms with Crippen LogP contribution in [0.3, 0.4) is 0 Å². The number of aryl methyl sites for hydroxylation is 2. The third-order valence-corrected chi connectivity index (χ3v) is 6.00. The topological polar surface area (TPSA) is 80.6 Å². The number of para-hydroxylation sites is 1. The SMILES string of the molecule is Cc1cccc(C)c1N([CH]C(O)CC(=O)[O-])CCCNc1cccc(-n2c(S)ccc2S)c1.[Na+]. The van der Waals surface area contributed by atoms with Gasteiger partial charge >= 0.3 is 29.6 Å². The van der Waals surface area contributed by atoms with Gasteiger partial charge in [0.2, 0.25) is 0 Å². The van der Waals surface area contributed by atoms with E-state index >= 15 is 0 Å². The number of nitrogens with one attached hydrogen (secondary N) is 1. The number of carbonyl (C=O) groups is 1. The van der Waals surface area contributed by atoms with Crippen molar-refractivity contribution >= 4 is 42.6 Å². The van der Waals surface area contributed by atoms with Gasteiger partial charge < -0.3 is 25.2 Å². The summed E-state index contributed by atoms with van der Waals surface area (Å²) in [4.78, 5) is 12.8. The summed E-state index contributed by atoms with van der Waals surface area (Å²) >= 11 is 8.99. The average molecular weight is 507 g/mol. The number of thiol groups is 2. The van der Waals surface area contributed by atoms with Crippen LogP contribution in [-0.4, -0.2) is 34.8 Å². The number of rotatable bonds is 11. The van der Waals surface area contributed by atoms with Crippen LogP contribution in [0.4, 0.5) is 11.4 Å². The van der Waals surface area contributed by atoms with E-state index in [2.05, 4.69) is 30.6 Å². The Bertz CT molecular complexity index is 1070. The molecule has 0 bridgehead atoms. The molecule has 1 unspecified atom stereocenters. The first kappa shape index (κ1) is 28.7. The molecule has 2 aromatic carbocycles. The Balaban J connectivity index is 0.00000408. The number of nitrogens with zero attached hydrogens (tertiary/aromatic N) is 2. The van der Waals surface area contributed by atoms with Crippen molar-refractivity contribution in [3.63, 3.8) is 0 Å². The zero-order valence-electron chi connectivity index (χ0n) is 19.7. The van der Waals surface area contributed by atoms with E-state index in [4.69, 9.17) is 0 Å². The van der Waals surface area contributed by atoms with Gasteiger partial charge in [0.1, 0.15) is 0 Å². The van der Waals surface area contributed by atoms with E-state index in [1.807, 2.05) is 77.9 Å². The van der Waals surface area contributed by atoms with Gasteiger partial charge in [0, 0.05) is 42.5 Å². The number of benzene rings is 2. The van der Waals surface area contributed by atoms with Crippen molar-refractivity contribution in [2.75, 3.05) is 23.3 Å². The number of aliphatic hydroxyl groups is 1. The second-order valence-corrected chi connectivity index (χ2v) is 8.86. The second-order valence-electron chi connectivity index (χ2n) is 7.94. The number of carbonyl (C=O) groups excluding carboxylic acids is 1. The first-order valence-corrected chi connectivity index (χ1v) is 11.7. The Morgan fingerprint density at radius 3 is 2.35 bits per heavy atom. The molecule has 0 amide bonds. The van der Waals surface area contributed by atoms with Crippen LogP contribution in [0.2, 0.25) is 0 Å². The van der Waals surface area contributed by atoms with Gasteiger partial charge in [-0.25, -0.2) is 0 Å². The van der Waals surface area contributed by atoms with Crippen LogP contribution in [0.5, 0.6) is 0 Å². The Morgan fingerprint density at radius 2 is 1.74 bits per heavy atom. The standard InChI is InChI=1S/C25H30N3O3S2.Na/c1-17-6-3-7-18(2)25(17)27(16-21(29)15-24(30)31)13-5-12-26-19-8-4-9-20(14-19)28-22(32)10-11-23(28)33;/h3-4,6-11,14,16,21,26,29,32-33H,5,12-13,15H2,1-2H3,(H,30,31);/q;+1/p-1. The number of aliphatic carboxylic acids is 1. The molecule has 1 radical (unpaired) electrons. The maximum Gasteiger partial charge on any atom is 1.00 e. The van der Waals surface area contributed by atoms with E-state index in [0.29, 0.717) is 13.1 Å². The number of aromatic nitrogens is 1. The van der Waals surface area contributed by atoms with Gasteiger partial charge in [-0.2, -0.15) is 0 Å². The molecule has 0 fully saturated rings. The molecule has 1 heterocycles. The van der Waals surface area contributed by atoms with Gasteiger partial charge in [-0.3, -0.25) is 4.57 Å². The predicted octanol–water partition coefficient (Wildman–Crippen LogP) is 0.647. The van der Waals surface area contributed by atoms with Crippen LogP contribution in [0.15, 0.2) is 64.6 Å². The Hall–Kier alpha value is -1.55. The van der Waals surface area contributed by atoms with Crippen LogP contribution in [0.1, 0.15) is 24.0 Å². The van der Waals surface area contributed by atoms with Crippen molar-refractivity contribution < 1.29 is 44.6 Å². The third kappa shape index (κ3) is 7.73. The molecule has 3 aromatic rings. The predicted molar refractivity (Wildman–Crippen MR) is 137 cm³/mol. The molecule has 0 spiro atoms. The third-order valence-electron chi connectivity index (χ3n) is 5.30. The molecule has 1 aromatic heterocycles. The van der Waals surface area contributed by atoms with Crippen LogP contribution in [0.25, 0.3) is 5.69 Å². The number of carboxylic acids is 1. The van der Waals surface area contributed by atoms with E-state index in [9.17, 15) is 15.0 Å². The zero-order chi connectivity index (χ0) is 24.0. The summed E-state index contributed by atoms with van der Waals surface area (Å²) in [6, 6.07) is 17.8. The largest absolute Gasteiger partial charge is 1.00 e. The fourth-order valence-electron chi connectivity index (χ4n) is 3.87. The summed E-state index contributed by atoms with van der Waals surface area (Å²) in [5, 5.41) is 26.1. The zero-order valence-corrected chi connectivity index (χ0v) is 23.5. The molecule has 0 saturated carbocycles. The van der Waals surface area contributed by atoms with Crippen LogP contribution >= 0.6 is 25.3 Å². The molecular formula is C25H29N3NaO3S2. The van der Waals surface area contributed by atoms with Crippen LogP contribution in [0, 0.1) is 20.4 Å². The van der Waals surface area contributed by atoms with Crippen LogP contribution in [-0.2, 0) is 4.79 Å². The van der Waals surface area contributed by atoms with Gasteiger partial charge in [-0.15, -0.1) is 25.3 Å². The second kappa shape index (κ2) is 13.5. The van der Waals surface area contributed by atoms with Gasteiger partial charge in [-0.05, 0) is 61.7 Å². The molecule has 3 rings (SSSR count). The van der Waals surface area contributed by atoms with Gasteiger partial charge in [0.05, 0.1) is 22.7 Å². The minimum Gasteiger partial charge on any atom is -0.550 e. The number of anilines is 2. The van der Waals surface area contributed by atoms with E-state index in [0.717, 1.165) is 44.7 Å². The molecule has 175 valence electrons. The Labute approximate surface area is 234 Å². The summed E-state index contributed by atoms with van der Waals surface area (Å²) in [6.45, 7) is 6.89. The van der Waals surface area contributed by atoms with Gasteiger partial charge in [-0.1, -0.05) is 24.3 Å². The molecule has 0 aliphatic heterocycles. The summed E-state index contributed by atoms with van der Waals surface area (Å²) in [6.07, 6.45) is -0.788. The minimum atomic E-state index is -1.28. The monoisotopic (exact) mass is 506 g/mol. The molecule has 0 aliphatic rings. The average Bonchev–Trinajstić information content (AvgIpc) is 3.08. The first-order valence-electron chi connectivity index (χ1n) is 10.8. The minimum absolute atomic E-state index is 0. The molecule has 0 saturated heterocycles. The maximum absolute atomic E-state index is 10.9. The Kier molecular flexibility index (Phi) is 11.4. The maximum atomic E-state index is 10.9. The number of carboxylic acid groups (broad SMARTS) is 1. The van der Waals surface area contributed by atoms with E-state index in [1.54, 1.807) is 6.54 Å². The molecule has 1 atom stereocenters. The fraction of sp³-hybridized carbons (Fsp3) is 0.280. The normalized spacial score (nSPS) is 11.6. The van der Waals surface area contributed by atoms with Crippen molar-refractivity contribution in [2.24, 2.45) is 0 Å². The van der Waals surface area contributed by atoms with Crippen LogP contribution < -0.4 is 44.9 Å². The van der Waals surface area contributed by atoms with E-state index in [-0.39, 0.29) is 29.6 Å². The van der Waals surface area contributed by atoms with Crippen molar-refractivity contribution in [2.45, 2.75) is 42.8 Å². The molecule has 9 heteroatoms. The molecule has 2 N–H and O–H groups in total. The summed E-state index contributed by atoms with van der Waals surface area (Å²) in [7, 11) is 0. The molecular weight excluding hydrogens is 477 g/mol. The van der Waals surface area contributed by atoms with Gasteiger partial charge in [0.25, 0.3) is 0 Å². The summed E-state index contributed by atoms with van der Waals surface area (Å²) in [5.41, 5.74) is 5.04.